The van der Waals surface area contributed by atoms with Crippen molar-refractivity contribution in [1.82, 2.24) is 4.98 Å². The van der Waals surface area contributed by atoms with E-state index in [1.165, 1.54) is 0 Å². The van der Waals surface area contributed by atoms with Gasteiger partial charge in [0.15, 0.2) is 0 Å². The maximum absolute atomic E-state index is 9.82. The van der Waals surface area contributed by atoms with Crippen molar-refractivity contribution in [3.63, 3.8) is 0 Å². The average molecular weight is 257 g/mol. The van der Waals surface area contributed by atoms with Crippen LogP contribution in [0.5, 0.6) is 0 Å². The molecule has 0 bridgehead atoms. The van der Waals surface area contributed by atoms with Crippen molar-refractivity contribution in [2.75, 3.05) is 18.0 Å². The molecule has 0 saturated carbocycles. The van der Waals surface area contributed by atoms with Crippen molar-refractivity contribution in [3.8, 4) is 0 Å². The quantitative estimate of drug-likeness (QED) is 0.833. The zero-order valence-electron chi connectivity index (χ0n) is 8.07. The molecule has 2 rings (SSSR count). The second-order valence-corrected chi connectivity index (χ2v) is 4.95. The van der Waals surface area contributed by atoms with Gasteiger partial charge in [0, 0.05) is 23.8 Å². The fraction of sp³-hybridized carbons (Fsp3) is 0.500. The molecule has 1 saturated heterocycles. The van der Waals surface area contributed by atoms with Crippen LogP contribution in [0.4, 0.5) is 5.69 Å². The number of aliphatic hydroxyl groups is 1. The summed E-state index contributed by atoms with van der Waals surface area (Å²) in [5, 5.41) is 9.82. The van der Waals surface area contributed by atoms with E-state index >= 15 is 0 Å². The molecule has 1 aliphatic rings. The van der Waals surface area contributed by atoms with E-state index in [9.17, 15) is 5.11 Å². The molecule has 0 radical (unpaired) electrons. The maximum atomic E-state index is 9.82. The van der Waals surface area contributed by atoms with Gasteiger partial charge in [0.25, 0.3) is 0 Å². The third-order valence-electron chi connectivity index (χ3n) is 2.51. The van der Waals surface area contributed by atoms with E-state index in [1.807, 2.05) is 19.2 Å². The highest BCUT2D eigenvalue weighted by Gasteiger charge is 2.31. The summed E-state index contributed by atoms with van der Waals surface area (Å²) >= 11 is 3.39. The van der Waals surface area contributed by atoms with Gasteiger partial charge in [-0.05, 0) is 35.3 Å². The van der Waals surface area contributed by atoms with Gasteiger partial charge in [-0.25, -0.2) is 0 Å². The number of hydrogen-bond acceptors (Lipinski definition) is 3. The Hall–Kier alpha value is -0.610. The van der Waals surface area contributed by atoms with Crippen molar-refractivity contribution < 1.29 is 5.11 Å². The first kappa shape index (κ1) is 9.93. The molecule has 3 nitrogen and oxygen atoms in total. The predicted molar refractivity (Wildman–Crippen MR) is 59.4 cm³/mol. The van der Waals surface area contributed by atoms with Crippen LogP contribution in [0.15, 0.2) is 22.9 Å². The van der Waals surface area contributed by atoms with Crippen LogP contribution in [0.2, 0.25) is 0 Å². The van der Waals surface area contributed by atoms with Gasteiger partial charge in [0.2, 0.25) is 0 Å². The molecule has 0 aromatic carbocycles. The van der Waals surface area contributed by atoms with E-state index in [0.29, 0.717) is 6.54 Å². The van der Waals surface area contributed by atoms with Gasteiger partial charge in [0.05, 0.1) is 17.5 Å². The molecule has 76 valence electrons. The minimum atomic E-state index is -0.553. The van der Waals surface area contributed by atoms with Gasteiger partial charge >= 0.3 is 0 Å². The van der Waals surface area contributed by atoms with Crippen LogP contribution < -0.4 is 4.90 Å². The van der Waals surface area contributed by atoms with E-state index in [1.54, 1.807) is 6.20 Å². The molecular weight excluding hydrogens is 244 g/mol. The number of nitrogens with zero attached hydrogens (tertiary/aromatic N) is 2. The van der Waals surface area contributed by atoms with E-state index in [-0.39, 0.29) is 0 Å². The number of pyridine rings is 1. The SMILES string of the molecule is CC1(O)CCN(c2cncc(Br)c2)C1. The Labute approximate surface area is 91.9 Å². The fourth-order valence-electron chi connectivity index (χ4n) is 1.74. The number of anilines is 1. The summed E-state index contributed by atoms with van der Waals surface area (Å²) in [6, 6.07) is 2.02. The lowest BCUT2D eigenvalue weighted by atomic mass is 10.1. The minimum absolute atomic E-state index is 0.553. The lowest BCUT2D eigenvalue weighted by Crippen LogP contribution is -2.29. The van der Waals surface area contributed by atoms with Crippen molar-refractivity contribution in [2.45, 2.75) is 18.9 Å². The first-order chi connectivity index (χ1) is 6.57. The summed E-state index contributed by atoms with van der Waals surface area (Å²) in [6.45, 7) is 3.45. The van der Waals surface area contributed by atoms with E-state index < -0.39 is 5.60 Å². The zero-order valence-corrected chi connectivity index (χ0v) is 9.66. The van der Waals surface area contributed by atoms with Gasteiger partial charge in [-0.15, -0.1) is 0 Å². The second kappa shape index (κ2) is 3.51. The lowest BCUT2D eigenvalue weighted by Gasteiger charge is -2.20. The Morgan fingerprint density at radius 2 is 2.36 bits per heavy atom. The van der Waals surface area contributed by atoms with Crippen molar-refractivity contribution in [3.05, 3.63) is 22.9 Å². The van der Waals surface area contributed by atoms with Crippen LogP contribution in [0.1, 0.15) is 13.3 Å². The largest absolute Gasteiger partial charge is 0.388 e. The molecule has 1 unspecified atom stereocenters. The van der Waals surface area contributed by atoms with Crippen LogP contribution in [0.25, 0.3) is 0 Å². The zero-order chi connectivity index (χ0) is 10.2. The summed E-state index contributed by atoms with van der Waals surface area (Å²) in [7, 11) is 0. The summed E-state index contributed by atoms with van der Waals surface area (Å²) in [6.07, 6.45) is 4.41. The van der Waals surface area contributed by atoms with Gasteiger partial charge in [-0.1, -0.05) is 0 Å². The van der Waals surface area contributed by atoms with Crippen LogP contribution in [-0.4, -0.2) is 28.8 Å². The highest BCUT2D eigenvalue weighted by atomic mass is 79.9. The van der Waals surface area contributed by atoms with Gasteiger partial charge < -0.3 is 10.0 Å². The summed E-state index contributed by atoms with van der Waals surface area (Å²) in [5.74, 6) is 0. The Balaban J connectivity index is 2.17. The molecular formula is C10H13BrN2O. The minimum Gasteiger partial charge on any atom is -0.388 e. The summed E-state index contributed by atoms with van der Waals surface area (Å²) in [4.78, 5) is 6.26. The normalized spacial score (nSPS) is 26.9. The van der Waals surface area contributed by atoms with E-state index in [4.69, 9.17) is 0 Å². The highest BCUT2D eigenvalue weighted by molar-refractivity contribution is 9.10. The average Bonchev–Trinajstić information content (AvgIpc) is 2.46. The Kier molecular flexibility index (Phi) is 2.49. The Bertz CT molecular complexity index is 341. The first-order valence-corrected chi connectivity index (χ1v) is 5.44. The molecule has 14 heavy (non-hydrogen) atoms. The lowest BCUT2D eigenvalue weighted by molar-refractivity contribution is 0.0839. The van der Waals surface area contributed by atoms with E-state index in [2.05, 4.69) is 25.8 Å². The molecule has 0 aliphatic carbocycles. The number of rotatable bonds is 1. The molecule has 1 aromatic heterocycles. The molecule has 0 spiro atoms. The molecule has 1 fully saturated rings. The van der Waals surface area contributed by atoms with Gasteiger partial charge in [-0.2, -0.15) is 0 Å². The smallest absolute Gasteiger partial charge is 0.0810 e. The van der Waals surface area contributed by atoms with Crippen molar-refractivity contribution in [2.24, 2.45) is 0 Å². The van der Waals surface area contributed by atoms with Crippen LogP contribution in [-0.2, 0) is 0 Å². The first-order valence-electron chi connectivity index (χ1n) is 4.65. The van der Waals surface area contributed by atoms with E-state index in [0.717, 1.165) is 23.1 Å². The standard InChI is InChI=1S/C10H13BrN2O/c1-10(14)2-3-13(7-10)9-4-8(11)5-12-6-9/h4-6,14H,2-3,7H2,1H3. The predicted octanol–water partition coefficient (Wildman–Crippen LogP) is 1.81. The molecule has 1 aromatic rings. The molecule has 1 atom stereocenters. The number of aromatic nitrogens is 1. The molecule has 1 N–H and O–H groups in total. The summed E-state index contributed by atoms with van der Waals surface area (Å²) in [5.41, 5.74) is 0.514. The highest BCUT2D eigenvalue weighted by Crippen LogP contribution is 2.27. The maximum Gasteiger partial charge on any atom is 0.0810 e. The molecule has 2 heterocycles. The molecule has 1 aliphatic heterocycles. The van der Waals surface area contributed by atoms with Crippen LogP contribution in [0, 0.1) is 0 Å². The number of halogens is 1. The molecule has 0 amide bonds. The van der Waals surface area contributed by atoms with Gasteiger partial charge in [0.1, 0.15) is 0 Å². The van der Waals surface area contributed by atoms with Crippen LogP contribution in [0.3, 0.4) is 0 Å². The second-order valence-electron chi connectivity index (χ2n) is 4.03. The number of hydrogen-bond donors (Lipinski definition) is 1. The fourth-order valence-corrected chi connectivity index (χ4v) is 2.09. The van der Waals surface area contributed by atoms with Crippen LogP contribution >= 0.6 is 15.9 Å². The number of β-amino-alcohol motifs (C(OH)–C–C–N with tert-alkyl or cyclic N) is 1. The third kappa shape index (κ3) is 2.07. The Morgan fingerprint density at radius 1 is 1.57 bits per heavy atom. The third-order valence-corrected chi connectivity index (χ3v) is 2.94. The van der Waals surface area contributed by atoms with Gasteiger partial charge in [-0.3, -0.25) is 4.98 Å². The van der Waals surface area contributed by atoms with Crippen molar-refractivity contribution in [1.29, 1.82) is 0 Å². The van der Waals surface area contributed by atoms with Crippen molar-refractivity contribution >= 4 is 21.6 Å². The topological polar surface area (TPSA) is 36.4 Å². The Morgan fingerprint density at radius 3 is 2.93 bits per heavy atom. The monoisotopic (exact) mass is 256 g/mol. The summed E-state index contributed by atoms with van der Waals surface area (Å²) < 4.78 is 0.974. The molecule has 4 heteroatoms.